The zero-order chi connectivity index (χ0) is 10.9. The molecule has 0 bridgehead atoms. The fourth-order valence-corrected chi connectivity index (χ4v) is 1.65. The number of nitro benzene ring substituents is 1. The molecule has 0 spiro atoms. The Morgan fingerprint density at radius 1 is 1.57 bits per heavy atom. The van der Waals surface area contributed by atoms with Crippen LogP contribution in [-0.4, -0.2) is 10.7 Å². The van der Waals surface area contributed by atoms with Crippen molar-refractivity contribution < 1.29 is 9.72 Å². The van der Waals surface area contributed by atoms with Gasteiger partial charge in [-0.05, 0) is 28.9 Å². The smallest absolute Gasteiger partial charge is 0.292 e. The quantitative estimate of drug-likeness (QED) is 0.381. The second-order valence-electron chi connectivity index (χ2n) is 2.70. The lowest BCUT2D eigenvalue weighted by Crippen LogP contribution is -2.00. The van der Waals surface area contributed by atoms with Gasteiger partial charge in [0.25, 0.3) is 5.69 Å². The first kappa shape index (κ1) is 10.6. The predicted octanol–water partition coefficient (Wildman–Crippen LogP) is 2.14. The van der Waals surface area contributed by atoms with Gasteiger partial charge in [0.15, 0.2) is 5.78 Å². The molecule has 0 saturated carbocycles. The van der Waals surface area contributed by atoms with Crippen LogP contribution in [0.2, 0.25) is 0 Å². The summed E-state index contributed by atoms with van der Waals surface area (Å²) in [5.74, 6) is -0.250. The number of hydrogen-bond acceptors (Lipinski definition) is 4. The number of halogens is 1. The van der Waals surface area contributed by atoms with E-state index in [4.69, 9.17) is 5.73 Å². The summed E-state index contributed by atoms with van der Waals surface area (Å²) >= 11 is 3.11. The molecule has 0 aliphatic heterocycles. The maximum atomic E-state index is 11.1. The normalized spacial score (nSPS) is 9.86. The van der Waals surface area contributed by atoms with Crippen molar-refractivity contribution in [3.05, 3.63) is 32.3 Å². The minimum atomic E-state index is -0.617. The summed E-state index contributed by atoms with van der Waals surface area (Å²) in [7, 11) is 0. The van der Waals surface area contributed by atoms with Crippen LogP contribution in [0.1, 0.15) is 17.3 Å². The molecular weight excluding hydrogens is 252 g/mol. The molecule has 0 aromatic heterocycles. The van der Waals surface area contributed by atoms with Crippen molar-refractivity contribution in [2.24, 2.45) is 0 Å². The second kappa shape index (κ2) is 3.75. The number of benzene rings is 1. The number of Topliss-reactive ketones (excluding diaryl/α,β-unsaturated/α-hetero) is 1. The van der Waals surface area contributed by atoms with Gasteiger partial charge in [-0.25, -0.2) is 0 Å². The van der Waals surface area contributed by atoms with Crippen molar-refractivity contribution in [3.63, 3.8) is 0 Å². The predicted molar refractivity (Wildman–Crippen MR) is 55.2 cm³/mol. The summed E-state index contributed by atoms with van der Waals surface area (Å²) in [5, 5.41) is 10.5. The number of carbonyl (C=O) groups excluding carboxylic acids is 1. The average Bonchev–Trinajstić information content (AvgIpc) is 2.02. The highest BCUT2D eigenvalue weighted by molar-refractivity contribution is 9.10. The number of anilines is 1. The zero-order valence-corrected chi connectivity index (χ0v) is 8.87. The molecule has 0 fully saturated rings. The van der Waals surface area contributed by atoms with Gasteiger partial charge in [-0.1, -0.05) is 0 Å². The van der Waals surface area contributed by atoms with Crippen LogP contribution in [0.25, 0.3) is 0 Å². The molecule has 1 rings (SSSR count). The Kier molecular flexibility index (Phi) is 2.85. The van der Waals surface area contributed by atoms with Crippen LogP contribution in [0, 0.1) is 10.1 Å². The lowest BCUT2D eigenvalue weighted by molar-refractivity contribution is -0.383. The molecule has 5 nitrogen and oxygen atoms in total. The van der Waals surface area contributed by atoms with E-state index in [1.54, 1.807) is 0 Å². The van der Waals surface area contributed by atoms with Gasteiger partial charge in [0, 0.05) is 16.1 Å². The molecule has 0 amide bonds. The van der Waals surface area contributed by atoms with E-state index in [-0.39, 0.29) is 22.7 Å². The molecule has 6 heteroatoms. The second-order valence-corrected chi connectivity index (χ2v) is 3.56. The van der Waals surface area contributed by atoms with Crippen LogP contribution < -0.4 is 5.73 Å². The monoisotopic (exact) mass is 258 g/mol. The topological polar surface area (TPSA) is 86.2 Å². The molecule has 2 N–H and O–H groups in total. The molecule has 74 valence electrons. The number of ketones is 1. The van der Waals surface area contributed by atoms with Crippen molar-refractivity contribution >= 4 is 33.1 Å². The number of nitro groups is 1. The molecule has 0 atom stereocenters. The van der Waals surface area contributed by atoms with Crippen LogP contribution in [0.5, 0.6) is 0 Å². The Labute approximate surface area is 88.2 Å². The zero-order valence-electron chi connectivity index (χ0n) is 7.28. The number of nitrogen functional groups attached to an aromatic ring is 1. The summed E-state index contributed by atoms with van der Waals surface area (Å²) in [4.78, 5) is 20.9. The average molecular weight is 259 g/mol. The molecule has 0 heterocycles. The van der Waals surface area contributed by atoms with E-state index >= 15 is 0 Å². The summed E-state index contributed by atoms with van der Waals surface area (Å²) in [6, 6.07) is 2.52. The van der Waals surface area contributed by atoms with Gasteiger partial charge in [-0.2, -0.15) is 0 Å². The fraction of sp³-hybridized carbons (Fsp3) is 0.125. The van der Waals surface area contributed by atoms with Gasteiger partial charge in [0.05, 0.1) is 4.92 Å². The van der Waals surface area contributed by atoms with E-state index in [9.17, 15) is 14.9 Å². The van der Waals surface area contributed by atoms with Gasteiger partial charge < -0.3 is 5.73 Å². The largest absolute Gasteiger partial charge is 0.393 e. The third-order valence-corrected chi connectivity index (χ3v) is 2.35. The van der Waals surface area contributed by atoms with Crippen molar-refractivity contribution in [2.45, 2.75) is 6.92 Å². The summed E-state index contributed by atoms with van der Waals surface area (Å²) in [6.45, 7) is 1.33. The van der Waals surface area contributed by atoms with Crippen molar-refractivity contribution in [3.8, 4) is 0 Å². The van der Waals surface area contributed by atoms with Crippen LogP contribution in [-0.2, 0) is 0 Å². The van der Waals surface area contributed by atoms with Crippen molar-refractivity contribution in [1.82, 2.24) is 0 Å². The molecule has 0 aliphatic carbocycles. The molecule has 0 aliphatic rings. The highest BCUT2D eigenvalue weighted by atomic mass is 79.9. The Bertz CT molecular complexity index is 382. The van der Waals surface area contributed by atoms with E-state index in [0.29, 0.717) is 4.47 Å². The van der Waals surface area contributed by atoms with E-state index in [1.165, 1.54) is 19.1 Å². The molecule has 0 unspecified atom stereocenters. The third-order valence-electron chi connectivity index (χ3n) is 1.69. The fourth-order valence-electron chi connectivity index (χ4n) is 1.01. The van der Waals surface area contributed by atoms with Crippen molar-refractivity contribution in [1.29, 1.82) is 0 Å². The summed E-state index contributed by atoms with van der Waals surface area (Å²) in [5.41, 5.74) is 5.45. The SMILES string of the molecule is CC(=O)c1cc([N+](=O)[O-])c(N)cc1Br. The van der Waals surface area contributed by atoms with Crippen LogP contribution in [0.3, 0.4) is 0 Å². The maximum absolute atomic E-state index is 11.1. The maximum Gasteiger partial charge on any atom is 0.292 e. The standard InChI is InChI=1S/C8H7BrN2O3/c1-4(12)5-2-8(11(13)14)7(10)3-6(5)9/h2-3H,10H2,1H3. The Morgan fingerprint density at radius 2 is 2.14 bits per heavy atom. The molecule has 1 aromatic rings. The Morgan fingerprint density at radius 3 is 2.57 bits per heavy atom. The van der Waals surface area contributed by atoms with Gasteiger partial charge in [-0.3, -0.25) is 14.9 Å². The van der Waals surface area contributed by atoms with Gasteiger partial charge in [0.2, 0.25) is 0 Å². The highest BCUT2D eigenvalue weighted by Gasteiger charge is 2.16. The van der Waals surface area contributed by atoms with E-state index < -0.39 is 4.92 Å². The molecule has 1 aromatic carbocycles. The van der Waals surface area contributed by atoms with Crippen LogP contribution >= 0.6 is 15.9 Å². The van der Waals surface area contributed by atoms with Crippen LogP contribution in [0.15, 0.2) is 16.6 Å². The first-order valence-electron chi connectivity index (χ1n) is 3.68. The van der Waals surface area contributed by atoms with Gasteiger partial charge in [0.1, 0.15) is 5.69 Å². The van der Waals surface area contributed by atoms with Gasteiger partial charge in [-0.15, -0.1) is 0 Å². The molecule has 0 radical (unpaired) electrons. The Balaban J connectivity index is 3.42. The summed E-state index contributed by atoms with van der Waals surface area (Å²) in [6.07, 6.45) is 0. The number of carbonyl (C=O) groups is 1. The first-order valence-corrected chi connectivity index (χ1v) is 4.47. The number of nitrogens with zero attached hydrogens (tertiary/aromatic N) is 1. The third kappa shape index (κ3) is 1.90. The van der Waals surface area contributed by atoms with E-state index in [2.05, 4.69) is 15.9 Å². The summed E-state index contributed by atoms with van der Waals surface area (Å²) < 4.78 is 0.466. The number of hydrogen-bond donors (Lipinski definition) is 1. The molecule has 0 saturated heterocycles. The lowest BCUT2D eigenvalue weighted by Gasteiger charge is -2.02. The number of nitrogens with two attached hydrogens (primary N) is 1. The van der Waals surface area contributed by atoms with Gasteiger partial charge >= 0.3 is 0 Å². The minimum Gasteiger partial charge on any atom is -0.393 e. The lowest BCUT2D eigenvalue weighted by atomic mass is 10.1. The van der Waals surface area contributed by atoms with E-state index in [1.807, 2.05) is 0 Å². The number of rotatable bonds is 2. The minimum absolute atomic E-state index is 0.0341. The highest BCUT2D eigenvalue weighted by Crippen LogP contribution is 2.29. The Hall–Kier alpha value is -1.43. The first-order chi connectivity index (χ1) is 6.43. The molecular formula is C8H7BrN2O3. The van der Waals surface area contributed by atoms with Crippen LogP contribution in [0.4, 0.5) is 11.4 Å². The molecule has 14 heavy (non-hydrogen) atoms. The van der Waals surface area contributed by atoms with Crippen molar-refractivity contribution in [2.75, 3.05) is 5.73 Å². The van der Waals surface area contributed by atoms with E-state index in [0.717, 1.165) is 0 Å².